The Balaban J connectivity index is 1.77. The summed E-state index contributed by atoms with van der Waals surface area (Å²) in [5.74, 6) is 0.616. The third-order valence-electron chi connectivity index (χ3n) is 6.16. The summed E-state index contributed by atoms with van der Waals surface area (Å²) in [5.41, 5.74) is 4.96. The zero-order valence-electron chi connectivity index (χ0n) is 19.8. The van der Waals surface area contributed by atoms with Crippen LogP contribution in [-0.2, 0) is 0 Å². The van der Waals surface area contributed by atoms with Crippen molar-refractivity contribution < 1.29 is 4.79 Å². The normalized spacial score (nSPS) is 12.1. The molecule has 0 aliphatic carbocycles. The van der Waals surface area contributed by atoms with Crippen LogP contribution in [0.5, 0.6) is 0 Å². The van der Waals surface area contributed by atoms with Crippen molar-refractivity contribution in [2.24, 2.45) is 0 Å². The summed E-state index contributed by atoms with van der Waals surface area (Å²) in [6, 6.07) is 18.9. The van der Waals surface area contributed by atoms with Crippen molar-refractivity contribution in [3.63, 3.8) is 0 Å². The molecule has 0 aliphatic rings. The Morgan fingerprint density at radius 1 is 1.06 bits per heavy atom. The van der Waals surface area contributed by atoms with Gasteiger partial charge in [-0.25, -0.2) is 4.98 Å². The summed E-state index contributed by atoms with van der Waals surface area (Å²) >= 11 is 7.44. The average molecular weight is 491 g/mol. The molecule has 0 fully saturated rings. The number of aromatic nitrogens is 2. The molecule has 174 valence electrons. The molecule has 4 aromatic rings. The van der Waals surface area contributed by atoms with Crippen LogP contribution < -0.4 is 5.56 Å². The van der Waals surface area contributed by atoms with Crippen molar-refractivity contribution in [1.82, 2.24) is 9.55 Å². The van der Waals surface area contributed by atoms with Gasteiger partial charge in [-0.15, -0.1) is 0 Å². The number of Topliss-reactive ketones (excluding diaryl/α,β-unsaturated/α-hetero) is 1. The molecule has 0 amide bonds. The number of carbonyl (C=O) groups excluding carboxylic acids is 1. The van der Waals surface area contributed by atoms with Gasteiger partial charge in [0.15, 0.2) is 10.9 Å². The van der Waals surface area contributed by atoms with Crippen molar-refractivity contribution in [1.29, 1.82) is 0 Å². The topological polar surface area (TPSA) is 52.0 Å². The van der Waals surface area contributed by atoms with Crippen LogP contribution in [0.4, 0.5) is 0 Å². The van der Waals surface area contributed by atoms with Crippen LogP contribution in [0.2, 0.25) is 5.02 Å². The Kier molecular flexibility index (Phi) is 7.24. The number of benzene rings is 3. The molecule has 0 aliphatic heterocycles. The van der Waals surface area contributed by atoms with Gasteiger partial charge in [0.1, 0.15) is 0 Å². The van der Waals surface area contributed by atoms with E-state index in [1.54, 1.807) is 22.8 Å². The van der Waals surface area contributed by atoms with Gasteiger partial charge >= 0.3 is 0 Å². The number of hydrogen-bond acceptors (Lipinski definition) is 4. The molecular weight excluding hydrogens is 464 g/mol. The maximum Gasteiger partial charge on any atom is 0.266 e. The van der Waals surface area contributed by atoms with E-state index in [9.17, 15) is 9.59 Å². The number of ketones is 1. The van der Waals surface area contributed by atoms with Crippen molar-refractivity contribution in [2.75, 3.05) is 5.75 Å². The first-order chi connectivity index (χ1) is 16.3. The predicted molar refractivity (Wildman–Crippen MR) is 142 cm³/mol. The minimum Gasteiger partial charge on any atom is -0.293 e. The molecule has 34 heavy (non-hydrogen) atoms. The van der Waals surface area contributed by atoms with E-state index in [0.29, 0.717) is 32.6 Å². The van der Waals surface area contributed by atoms with Crippen molar-refractivity contribution >= 4 is 40.0 Å². The Morgan fingerprint density at radius 3 is 2.50 bits per heavy atom. The fraction of sp³-hybridized carbons (Fsp3) is 0.250. The molecule has 0 spiro atoms. The summed E-state index contributed by atoms with van der Waals surface area (Å²) in [5, 5.41) is 1.47. The number of rotatable bonds is 7. The summed E-state index contributed by atoms with van der Waals surface area (Å²) in [7, 11) is 0. The number of carbonyl (C=O) groups is 1. The lowest BCUT2D eigenvalue weighted by atomic mass is 9.98. The van der Waals surface area contributed by atoms with E-state index in [0.717, 1.165) is 23.2 Å². The van der Waals surface area contributed by atoms with Gasteiger partial charge in [0, 0.05) is 10.6 Å². The van der Waals surface area contributed by atoms with Crippen LogP contribution in [0.1, 0.15) is 53.2 Å². The molecule has 1 atom stereocenters. The zero-order chi connectivity index (χ0) is 24.4. The molecule has 6 heteroatoms. The van der Waals surface area contributed by atoms with Crippen LogP contribution >= 0.6 is 23.4 Å². The fourth-order valence-electron chi connectivity index (χ4n) is 3.89. The summed E-state index contributed by atoms with van der Waals surface area (Å²) in [4.78, 5) is 31.3. The van der Waals surface area contributed by atoms with Crippen molar-refractivity contribution in [2.45, 2.75) is 45.2 Å². The summed E-state index contributed by atoms with van der Waals surface area (Å²) in [6.07, 6.45) is 1.04. The number of nitrogens with zero attached hydrogens (tertiary/aromatic N) is 2. The lowest BCUT2D eigenvalue weighted by molar-refractivity contribution is 0.102. The van der Waals surface area contributed by atoms with Crippen LogP contribution in [0.25, 0.3) is 16.6 Å². The third kappa shape index (κ3) is 4.96. The van der Waals surface area contributed by atoms with Gasteiger partial charge in [0.25, 0.3) is 5.56 Å². The Labute approximate surface area is 209 Å². The zero-order valence-corrected chi connectivity index (χ0v) is 21.3. The molecule has 0 bridgehead atoms. The van der Waals surface area contributed by atoms with E-state index in [1.165, 1.54) is 17.3 Å². The first-order valence-electron chi connectivity index (χ1n) is 11.3. The van der Waals surface area contributed by atoms with Crippen molar-refractivity contribution in [3.8, 4) is 5.69 Å². The van der Waals surface area contributed by atoms with Crippen LogP contribution in [-0.4, -0.2) is 21.1 Å². The predicted octanol–water partition coefficient (Wildman–Crippen LogP) is 7.14. The Morgan fingerprint density at radius 2 is 1.79 bits per heavy atom. The monoisotopic (exact) mass is 490 g/mol. The lowest BCUT2D eigenvalue weighted by Gasteiger charge is -2.15. The minimum atomic E-state index is -0.181. The molecule has 0 saturated heterocycles. The lowest BCUT2D eigenvalue weighted by Crippen LogP contribution is -2.22. The SMILES string of the molecule is CCC(C)c1ccc(-n2c(SCC(=O)c3cc(C)ccc3C)nc3cc(Cl)ccc3c2=O)cc1. The smallest absolute Gasteiger partial charge is 0.266 e. The number of halogens is 1. The molecule has 1 aromatic heterocycles. The average Bonchev–Trinajstić information content (AvgIpc) is 2.83. The molecule has 0 N–H and O–H groups in total. The van der Waals surface area contributed by atoms with Crippen LogP contribution in [0.3, 0.4) is 0 Å². The summed E-state index contributed by atoms with van der Waals surface area (Å²) in [6.45, 7) is 8.24. The Hall–Kier alpha value is -2.89. The minimum absolute atomic E-state index is 0.00492. The number of hydrogen-bond donors (Lipinski definition) is 0. The second kappa shape index (κ2) is 10.2. The maximum absolute atomic E-state index is 13.5. The van der Waals surface area contributed by atoms with Crippen LogP contribution in [0, 0.1) is 13.8 Å². The number of thioether (sulfide) groups is 1. The molecule has 0 saturated carbocycles. The highest BCUT2D eigenvalue weighted by atomic mass is 35.5. The summed E-state index contributed by atoms with van der Waals surface area (Å²) < 4.78 is 1.59. The molecule has 0 radical (unpaired) electrons. The van der Waals surface area contributed by atoms with E-state index in [1.807, 2.05) is 44.2 Å². The molecule has 3 aromatic carbocycles. The Bertz CT molecular complexity index is 1430. The van der Waals surface area contributed by atoms with Crippen molar-refractivity contribution in [3.05, 3.63) is 98.3 Å². The van der Waals surface area contributed by atoms with Gasteiger partial charge in [0.05, 0.1) is 22.3 Å². The maximum atomic E-state index is 13.5. The number of fused-ring (bicyclic) bond motifs is 1. The van der Waals surface area contributed by atoms with E-state index in [-0.39, 0.29) is 17.1 Å². The second-order valence-electron chi connectivity index (χ2n) is 8.63. The quantitative estimate of drug-likeness (QED) is 0.157. The second-order valence-corrected chi connectivity index (χ2v) is 10.0. The van der Waals surface area contributed by atoms with Gasteiger partial charge in [-0.3, -0.25) is 14.2 Å². The molecular formula is C28H27ClN2O2S. The first-order valence-corrected chi connectivity index (χ1v) is 12.7. The van der Waals surface area contributed by atoms with Gasteiger partial charge in [-0.1, -0.05) is 67.0 Å². The first kappa shape index (κ1) is 24.2. The highest BCUT2D eigenvalue weighted by Gasteiger charge is 2.17. The number of aryl methyl sites for hydroxylation is 2. The molecule has 4 nitrogen and oxygen atoms in total. The largest absolute Gasteiger partial charge is 0.293 e. The molecule has 1 unspecified atom stereocenters. The highest BCUT2D eigenvalue weighted by molar-refractivity contribution is 7.99. The standard InChI is InChI=1S/C28H27ClN2O2S/c1-5-18(3)20-8-11-22(12-9-20)31-27(33)23-13-10-21(29)15-25(23)30-28(31)34-16-26(32)24-14-17(2)6-7-19(24)4/h6-15,18H,5,16H2,1-4H3. The third-order valence-corrected chi connectivity index (χ3v) is 7.33. The van der Waals surface area contributed by atoms with E-state index < -0.39 is 0 Å². The van der Waals surface area contributed by atoms with E-state index in [4.69, 9.17) is 16.6 Å². The van der Waals surface area contributed by atoms with Gasteiger partial charge in [-0.05, 0) is 73.7 Å². The van der Waals surface area contributed by atoms with Gasteiger partial charge in [-0.2, -0.15) is 0 Å². The fourth-order valence-corrected chi connectivity index (χ4v) is 4.96. The highest BCUT2D eigenvalue weighted by Crippen LogP contribution is 2.26. The van der Waals surface area contributed by atoms with E-state index >= 15 is 0 Å². The molecule has 1 heterocycles. The van der Waals surface area contributed by atoms with E-state index in [2.05, 4.69) is 26.0 Å². The van der Waals surface area contributed by atoms with Gasteiger partial charge in [0.2, 0.25) is 0 Å². The molecule has 4 rings (SSSR count). The van der Waals surface area contributed by atoms with Crippen LogP contribution in [0.15, 0.2) is 70.6 Å². The van der Waals surface area contributed by atoms with Gasteiger partial charge < -0.3 is 0 Å².